The van der Waals surface area contributed by atoms with Crippen LogP contribution in [0.15, 0.2) is 51.6 Å². The van der Waals surface area contributed by atoms with Gasteiger partial charge in [0.1, 0.15) is 23.0 Å². The van der Waals surface area contributed by atoms with Crippen LogP contribution in [0, 0.1) is 11.8 Å². The number of oxazole rings is 1. The summed E-state index contributed by atoms with van der Waals surface area (Å²) in [5.41, 5.74) is 2.18. The number of esters is 1. The lowest BCUT2D eigenvalue weighted by Gasteiger charge is -2.32. The lowest BCUT2D eigenvalue weighted by molar-refractivity contribution is -0.124. The maximum Gasteiger partial charge on any atom is 0.343 e. The number of aromatic nitrogens is 3. The molecule has 3 heterocycles. The van der Waals surface area contributed by atoms with Crippen molar-refractivity contribution in [1.29, 1.82) is 0 Å². The van der Waals surface area contributed by atoms with Gasteiger partial charge in [-0.3, -0.25) is 9.69 Å². The highest BCUT2D eigenvalue weighted by atomic mass is 16.5. The molecule has 4 aromatic rings. The van der Waals surface area contributed by atoms with E-state index in [0.717, 1.165) is 31.2 Å². The molecule has 0 unspecified atom stereocenters. The van der Waals surface area contributed by atoms with E-state index in [-0.39, 0.29) is 30.0 Å². The summed E-state index contributed by atoms with van der Waals surface area (Å²) in [5.74, 6) is 1.08. The molecule has 1 aromatic carbocycles. The number of ether oxygens (including phenoxy) is 1. The number of nitrogens with zero attached hydrogens (tertiary/aromatic N) is 4. The van der Waals surface area contributed by atoms with Crippen molar-refractivity contribution in [3.8, 4) is 17.3 Å². The summed E-state index contributed by atoms with van der Waals surface area (Å²) >= 11 is 0. The number of rotatable bonds is 7. The highest BCUT2D eigenvalue weighted by Gasteiger charge is 2.34. The molecule has 9 nitrogen and oxygen atoms in total. The summed E-state index contributed by atoms with van der Waals surface area (Å²) < 4.78 is 18.4. The molecular formula is C28H32N4O5. The quantitative estimate of drug-likeness (QED) is 0.284. The Hall–Kier alpha value is -3.88. The second-order valence-electron chi connectivity index (χ2n) is 9.95. The van der Waals surface area contributed by atoms with Crippen LogP contribution in [0.3, 0.4) is 0 Å². The zero-order valence-corrected chi connectivity index (χ0v) is 21.6. The number of hydrogen-bond donors (Lipinski definition) is 0. The molecule has 1 fully saturated rings. The highest BCUT2D eigenvalue weighted by Crippen LogP contribution is 2.33. The third-order valence-electron chi connectivity index (χ3n) is 6.89. The first-order valence-corrected chi connectivity index (χ1v) is 12.9. The van der Waals surface area contributed by atoms with Crippen molar-refractivity contribution >= 4 is 28.8 Å². The number of anilines is 1. The predicted octanol–water partition coefficient (Wildman–Crippen LogP) is 6.02. The van der Waals surface area contributed by atoms with Gasteiger partial charge in [-0.15, -0.1) is 5.10 Å². The minimum atomic E-state index is -0.526. The van der Waals surface area contributed by atoms with Crippen LogP contribution >= 0.6 is 0 Å². The van der Waals surface area contributed by atoms with Gasteiger partial charge < -0.3 is 13.6 Å². The highest BCUT2D eigenvalue weighted by molar-refractivity contribution is 6.02. The molecule has 0 spiro atoms. The van der Waals surface area contributed by atoms with Crippen molar-refractivity contribution in [2.24, 2.45) is 11.8 Å². The number of hydrogen-bond acceptors (Lipinski definition) is 7. The minimum Gasteiger partial charge on any atom is -0.462 e. The van der Waals surface area contributed by atoms with Crippen molar-refractivity contribution in [2.75, 3.05) is 11.5 Å². The van der Waals surface area contributed by atoms with Gasteiger partial charge in [-0.1, -0.05) is 19.1 Å². The summed E-state index contributed by atoms with van der Waals surface area (Å²) in [4.78, 5) is 32.8. The Morgan fingerprint density at radius 3 is 2.65 bits per heavy atom. The molecule has 1 saturated carbocycles. The molecule has 1 amide bonds. The molecular weight excluding hydrogens is 472 g/mol. The molecule has 9 heteroatoms. The van der Waals surface area contributed by atoms with Crippen LogP contribution < -0.4 is 4.90 Å². The number of carbonyl (C=O) groups is 2. The summed E-state index contributed by atoms with van der Waals surface area (Å²) in [7, 11) is 0. The van der Waals surface area contributed by atoms with Crippen LogP contribution in [0.25, 0.3) is 28.4 Å². The lowest BCUT2D eigenvalue weighted by Crippen LogP contribution is -2.43. The fraction of sp³-hybridized carbons (Fsp3) is 0.429. The summed E-state index contributed by atoms with van der Waals surface area (Å²) in [6, 6.07) is 9.01. The molecule has 0 N–H and O–H groups in total. The molecule has 0 aliphatic heterocycles. The molecule has 0 saturated heterocycles. The van der Waals surface area contributed by atoms with Gasteiger partial charge in [-0.25, -0.2) is 14.5 Å². The molecule has 37 heavy (non-hydrogen) atoms. The van der Waals surface area contributed by atoms with Gasteiger partial charge in [-0.2, -0.15) is 0 Å². The Morgan fingerprint density at radius 1 is 1.19 bits per heavy atom. The van der Waals surface area contributed by atoms with E-state index in [1.54, 1.807) is 24.1 Å². The molecule has 194 valence electrons. The normalized spacial score (nSPS) is 17.9. The third-order valence-corrected chi connectivity index (χ3v) is 6.89. The maximum absolute atomic E-state index is 13.7. The molecule has 5 rings (SSSR count). The summed E-state index contributed by atoms with van der Waals surface area (Å²) in [6.45, 7) is 8.05. The lowest BCUT2D eigenvalue weighted by atomic mass is 9.82. The smallest absolute Gasteiger partial charge is 0.343 e. The van der Waals surface area contributed by atoms with Gasteiger partial charge >= 0.3 is 5.97 Å². The fourth-order valence-corrected chi connectivity index (χ4v) is 4.87. The standard InChI is InChI=1S/C28H32N4O5/c1-5-35-28(34)21-15-31(20-14-24(36-16-20)26-29-22-8-6-7-9-23(22)37-26)30-25(21)32(17(2)3)27(33)19-12-10-18(4)11-13-19/h6-9,14-19H,5,10-13H2,1-4H3/t18-,19-. The van der Waals surface area contributed by atoms with E-state index in [4.69, 9.17) is 18.7 Å². The maximum atomic E-state index is 13.7. The van der Waals surface area contributed by atoms with Crippen molar-refractivity contribution in [3.05, 3.63) is 48.4 Å². The van der Waals surface area contributed by atoms with E-state index in [1.807, 2.05) is 38.1 Å². The Bertz CT molecular complexity index is 1370. The number of fused-ring (bicyclic) bond motifs is 1. The minimum absolute atomic E-state index is 0.00273. The van der Waals surface area contributed by atoms with E-state index in [1.165, 1.54) is 10.9 Å². The van der Waals surface area contributed by atoms with Gasteiger partial charge in [0.15, 0.2) is 17.2 Å². The number of carbonyl (C=O) groups excluding carboxylic acids is 2. The zero-order valence-electron chi connectivity index (χ0n) is 21.6. The van der Waals surface area contributed by atoms with Crippen LogP contribution in [0.2, 0.25) is 0 Å². The molecule has 0 bridgehead atoms. The number of amides is 1. The van der Waals surface area contributed by atoms with Crippen molar-refractivity contribution in [2.45, 2.75) is 59.4 Å². The van der Waals surface area contributed by atoms with Crippen LogP contribution in [-0.2, 0) is 9.53 Å². The third kappa shape index (κ3) is 4.90. The van der Waals surface area contributed by atoms with E-state index < -0.39 is 5.97 Å². The van der Waals surface area contributed by atoms with E-state index in [2.05, 4.69) is 11.9 Å². The Balaban J connectivity index is 1.51. The fourth-order valence-electron chi connectivity index (χ4n) is 4.87. The monoisotopic (exact) mass is 504 g/mol. The van der Waals surface area contributed by atoms with Crippen molar-refractivity contribution < 1.29 is 23.2 Å². The SMILES string of the molecule is CCOC(=O)c1cn(-c2coc(-c3nc4ccccc4o3)c2)nc1N(C(=O)[C@H]1CC[C@H](C)CC1)C(C)C. The number of para-hydroxylation sites is 2. The van der Waals surface area contributed by atoms with E-state index >= 15 is 0 Å². The predicted molar refractivity (Wildman–Crippen MR) is 139 cm³/mol. The van der Waals surface area contributed by atoms with Gasteiger partial charge in [0.2, 0.25) is 5.91 Å². The summed E-state index contributed by atoms with van der Waals surface area (Å²) in [5, 5.41) is 4.70. The first-order chi connectivity index (χ1) is 17.9. The molecule has 1 aliphatic rings. The van der Waals surface area contributed by atoms with Crippen LogP contribution in [0.4, 0.5) is 5.82 Å². The number of benzene rings is 1. The first-order valence-electron chi connectivity index (χ1n) is 12.9. The van der Waals surface area contributed by atoms with Crippen molar-refractivity contribution in [1.82, 2.24) is 14.8 Å². The molecule has 1 aliphatic carbocycles. The Labute approximate surface area is 215 Å². The Kier molecular flexibility index (Phi) is 6.86. The average Bonchev–Trinajstić information content (AvgIpc) is 3.62. The second-order valence-corrected chi connectivity index (χ2v) is 9.95. The van der Waals surface area contributed by atoms with Crippen LogP contribution in [0.1, 0.15) is 63.7 Å². The van der Waals surface area contributed by atoms with Crippen LogP contribution in [-0.4, -0.2) is 39.3 Å². The first kappa shape index (κ1) is 24.8. The zero-order chi connectivity index (χ0) is 26.1. The van der Waals surface area contributed by atoms with Gasteiger partial charge in [-0.05, 0) is 64.5 Å². The van der Waals surface area contributed by atoms with Crippen molar-refractivity contribution in [3.63, 3.8) is 0 Å². The summed E-state index contributed by atoms with van der Waals surface area (Å²) in [6.07, 6.45) is 6.83. The average molecular weight is 505 g/mol. The largest absolute Gasteiger partial charge is 0.462 e. The second kappa shape index (κ2) is 10.2. The molecule has 0 atom stereocenters. The van der Waals surface area contributed by atoms with Gasteiger partial charge in [0, 0.05) is 24.2 Å². The van der Waals surface area contributed by atoms with Gasteiger partial charge in [0.25, 0.3) is 5.89 Å². The van der Waals surface area contributed by atoms with E-state index in [0.29, 0.717) is 34.7 Å². The molecule has 3 aromatic heterocycles. The van der Waals surface area contributed by atoms with E-state index in [9.17, 15) is 9.59 Å². The van der Waals surface area contributed by atoms with Gasteiger partial charge in [0.05, 0.1) is 6.61 Å². The number of furan rings is 1. The molecule has 0 radical (unpaired) electrons. The van der Waals surface area contributed by atoms with Crippen LogP contribution in [0.5, 0.6) is 0 Å². The Morgan fingerprint density at radius 2 is 1.95 bits per heavy atom. The topological polar surface area (TPSA) is 104 Å².